The lowest BCUT2D eigenvalue weighted by Gasteiger charge is -2.14. The largest absolute Gasteiger partial charge is 0.496 e. The minimum absolute atomic E-state index is 0.126. The maximum atomic E-state index is 13.3. The monoisotopic (exact) mass is 590 g/mol. The van der Waals surface area contributed by atoms with Crippen molar-refractivity contribution >= 4 is 54.6 Å². The lowest BCUT2D eigenvalue weighted by atomic mass is 10.0. The summed E-state index contributed by atoms with van der Waals surface area (Å²) in [5.74, 6) is -1.02. The lowest BCUT2D eigenvalue weighted by Crippen LogP contribution is -2.04. The van der Waals surface area contributed by atoms with Gasteiger partial charge in [-0.3, -0.25) is 4.79 Å². The van der Waals surface area contributed by atoms with E-state index < -0.39 is 11.8 Å². The molecular formula is C25H17Br2FO6. The van der Waals surface area contributed by atoms with Crippen LogP contribution in [0.1, 0.15) is 39.0 Å². The van der Waals surface area contributed by atoms with E-state index in [4.69, 9.17) is 13.9 Å². The van der Waals surface area contributed by atoms with E-state index in [1.807, 2.05) is 6.92 Å². The van der Waals surface area contributed by atoms with E-state index in [1.165, 1.54) is 37.4 Å². The zero-order valence-electron chi connectivity index (χ0n) is 17.9. The van der Waals surface area contributed by atoms with Crippen LogP contribution in [0.15, 0.2) is 61.9 Å². The number of carboxylic acids is 1. The highest BCUT2D eigenvalue weighted by molar-refractivity contribution is 9.11. The minimum Gasteiger partial charge on any atom is -0.496 e. The van der Waals surface area contributed by atoms with Crippen molar-refractivity contribution in [1.82, 2.24) is 0 Å². The maximum Gasteiger partial charge on any atom is 0.372 e. The summed E-state index contributed by atoms with van der Waals surface area (Å²) in [4.78, 5) is 24.7. The predicted octanol–water partition coefficient (Wildman–Crippen LogP) is 7.39. The molecule has 3 aromatic carbocycles. The topological polar surface area (TPSA) is 86.0 Å². The molecule has 0 aliphatic heterocycles. The number of methoxy groups -OCH3 is 1. The fourth-order valence-corrected chi connectivity index (χ4v) is 5.11. The Balaban J connectivity index is 1.79. The second-order valence-electron chi connectivity index (χ2n) is 7.24. The predicted molar refractivity (Wildman–Crippen MR) is 131 cm³/mol. The molecule has 9 heteroatoms. The van der Waals surface area contributed by atoms with Gasteiger partial charge in [-0.15, -0.1) is 0 Å². The summed E-state index contributed by atoms with van der Waals surface area (Å²) in [7, 11) is 1.45. The molecule has 0 atom stereocenters. The van der Waals surface area contributed by atoms with Crippen LogP contribution in [0.3, 0.4) is 0 Å². The molecule has 0 saturated heterocycles. The van der Waals surface area contributed by atoms with Crippen molar-refractivity contribution in [1.29, 1.82) is 0 Å². The van der Waals surface area contributed by atoms with E-state index >= 15 is 0 Å². The van der Waals surface area contributed by atoms with Crippen LogP contribution in [-0.4, -0.2) is 24.0 Å². The first-order valence-corrected chi connectivity index (χ1v) is 11.7. The summed E-state index contributed by atoms with van der Waals surface area (Å²) in [6.07, 6.45) is 0.438. The van der Waals surface area contributed by atoms with E-state index in [9.17, 15) is 19.1 Å². The number of halogens is 3. The number of rotatable bonds is 7. The van der Waals surface area contributed by atoms with Crippen LogP contribution in [0.5, 0.6) is 17.2 Å². The van der Waals surface area contributed by atoms with Crippen molar-refractivity contribution in [3.63, 3.8) is 0 Å². The molecule has 0 aliphatic rings. The summed E-state index contributed by atoms with van der Waals surface area (Å²) in [6.45, 7) is 1.84. The van der Waals surface area contributed by atoms with Gasteiger partial charge in [-0.05, 0) is 86.8 Å². The van der Waals surface area contributed by atoms with Crippen LogP contribution in [-0.2, 0) is 6.42 Å². The fraction of sp³-hybridized carbons (Fsp3) is 0.120. The molecule has 174 valence electrons. The highest BCUT2D eigenvalue weighted by Gasteiger charge is 2.25. The van der Waals surface area contributed by atoms with Crippen molar-refractivity contribution in [3.8, 4) is 17.2 Å². The molecule has 1 aromatic heterocycles. The molecule has 0 spiro atoms. The lowest BCUT2D eigenvalue weighted by molar-refractivity contribution is 0.0663. The molecule has 0 saturated carbocycles. The van der Waals surface area contributed by atoms with E-state index in [2.05, 4.69) is 31.9 Å². The number of benzene rings is 3. The Morgan fingerprint density at radius 3 is 2.41 bits per heavy atom. The van der Waals surface area contributed by atoms with Gasteiger partial charge in [0.2, 0.25) is 5.76 Å². The van der Waals surface area contributed by atoms with Crippen LogP contribution in [0, 0.1) is 5.82 Å². The third kappa shape index (κ3) is 4.33. The Kier molecular flexibility index (Phi) is 6.77. The molecule has 0 unspecified atom stereocenters. The van der Waals surface area contributed by atoms with Gasteiger partial charge in [-0.25, -0.2) is 9.18 Å². The molecule has 0 bridgehead atoms. The number of carbonyl (C=O) groups is 2. The van der Waals surface area contributed by atoms with Gasteiger partial charge in [0.25, 0.3) is 0 Å². The van der Waals surface area contributed by atoms with E-state index in [1.54, 1.807) is 18.2 Å². The Morgan fingerprint density at radius 1 is 1.09 bits per heavy atom. The summed E-state index contributed by atoms with van der Waals surface area (Å²) in [5, 5.41) is 10.1. The van der Waals surface area contributed by atoms with Crippen molar-refractivity contribution in [2.24, 2.45) is 0 Å². The van der Waals surface area contributed by atoms with Crippen LogP contribution >= 0.6 is 31.9 Å². The van der Waals surface area contributed by atoms with Crippen molar-refractivity contribution in [3.05, 3.63) is 85.7 Å². The number of carboxylic acid groups (broad SMARTS) is 1. The highest BCUT2D eigenvalue weighted by Crippen LogP contribution is 2.45. The Hall–Kier alpha value is -3.17. The van der Waals surface area contributed by atoms with Crippen LogP contribution in [0.2, 0.25) is 0 Å². The molecule has 0 fully saturated rings. The van der Waals surface area contributed by atoms with E-state index in [0.717, 1.165) is 0 Å². The first kappa shape index (κ1) is 24.0. The van der Waals surface area contributed by atoms with Gasteiger partial charge in [-0.1, -0.05) is 6.92 Å². The van der Waals surface area contributed by atoms with Crippen LogP contribution in [0.25, 0.3) is 11.0 Å². The number of hydrogen-bond acceptors (Lipinski definition) is 5. The standard InChI is InChI=1S/C25H17Br2FO6/c1-3-15-20-19(34-23(15)25(30)31)11-17(26)24(21(20)27)33-14-8-9-18(32-2)16(10-14)22(29)12-4-6-13(28)7-5-12/h4-11H,3H2,1-2H3,(H,30,31). The van der Waals surface area contributed by atoms with Gasteiger partial charge < -0.3 is 19.0 Å². The molecule has 6 nitrogen and oxygen atoms in total. The summed E-state index contributed by atoms with van der Waals surface area (Å²) < 4.78 is 31.3. The second kappa shape index (κ2) is 9.60. The summed E-state index contributed by atoms with van der Waals surface area (Å²) in [5.41, 5.74) is 1.47. The minimum atomic E-state index is -1.15. The van der Waals surface area contributed by atoms with Gasteiger partial charge in [0.15, 0.2) is 11.5 Å². The van der Waals surface area contributed by atoms with E-state index in [-0.39, 0.29) is 17.1 Å². The average molecular weight is 592 g/mol. The Labute approximate surface area is 210 Å². The third-order valence-corrected chi connectivity index (χ3v) is 6.56. The molecule has 4 rings (SSSR count). The highest BCUT2D eigenvalue weighted by atomic mass is 79.9. The Morgan fingerprint density at radius 2 is 1.79 bits per heavy atom. The summed E-state index contributed by atoms with van der Waals surface area (Å²) in [6, 6.07) is 11.6. The number of aromatic carboxylic acids is 1. The quantitative estimate of drug-likeness (QED) is 0.226. The number of furan rings is 1. The summed E-state index contributed by atoms with van der Waals surface area (Å²) >= 11 is 6.98. The number of hydrogen-bond donors (Lipinski definition) is 1. The molecular weight excluding hydrogens is 575 g/mol. The van der Waals surface area contributed by atoms with Crippen molar-refractivity contribution in [2.75, 3.05) is 7.11 Å². The van der Waals surface area contributed by atoms with Gasteiger partial charge >= 0.3 is 5.97 Å². The van der Waals surface area contributed by atoms with E-state index in [0.29, 0.717) is 54.7 Å². The first-order valence-electron chi connectivity index (χ1n) is 10.1. The second-order valence-corrected chi connectivity index (χ2v) is 8.89. The number of ketones is 1. The van der Waals surface area contributed by atoms with Gasteiger partial charge in [0.1, 0.15) is 22.9 Å². The van der Waals surface area contributed by atoms with Crippen LogP contribution in [0.4, 0.5) is 4.39 Å². The average Bonchev–Trinajstić information content (AvgIpc) is 3.20. The SMILES string of the molecule is CCc1c(C(=O)O)oc2cc(Br)c(Oc3ccc(OC)c(C(=O)c4ccc(F)cc4)c3)c(Br)c12. The smallest absolute Gasteiger partial charge is 0.372 e. The van der Waals surface area contributed by atoms with Gasteiger partial charge in [0.05, 0.1) is 21.6 Å². The fourth-order valence-electron chi connectivity index (χ4n) is 3.63. The van der Waals surface area contributed by atoms with Crippen LogP contribution < -0.4 is 9.47 Å². The maximum absolute atomic E-state index is 13.3. The molecule has 1 N–H and O–H groups in total. The molecule has 0 amide bonds. The number of carbonyl (C=O) groups excluding carboxylic acids is 1. The molecule has 1 heterocycles. The molecule has 0 aliphatic carbocycles. The Bertz CT molecular complexity index is 1430. The molecule has 34 heavy (non-hydrogen) atoms. The zero-order valence-corrected chi connectivity index (χ0v) is 21.1. The number of ether oxygens (including phenoxy) is 2. The first-order chi connectivity index (χ1) is 16.2. The van der Waals surface area contributed by atoms with Crippen molar-refractivity contribution in [2.45, 2.75) is 13.3 Å². The zero-order chi connectivity index (χ0) is 24.6. The van der Waals surface area contributed by atoms with Gasteiger partial charge in [-0.2, -0.15) is 0 Å². The number of aryl methyl sites for hydroxylation is 1. The normalized spacial score (nSPS) is 11.0. The van der Waals surface area contributed by atoms with Crippen molar-refractivity contribution < 1.29 is 33.0 Å². The third-order valence-electron chi connectivity index (χ3n) is 5.22. The number of fused-ring (bicyclic) bond motifs is 1. The van der Waals surface area contributed by atoms with Gasteiger partial charge in [0, 0.05) is 16.5 Å². The molecule has 4 aromatic rings. The molecule has 0 radical (unpaired) electrons.